The number of nitrogens with zero attached hydrogens (tertiary/aromatic N) is 3. The Hall–Kier alpha value is -1.01. The van der Waals surface area contributed by atoms with E-state index in [2.05, 4.69) is 34.3 Å². The van der Waals surface area contributed by atoms with E-state index in [4.69, 9.17) is 0 Å². The molecule has 1 aromatic rings. The highest BCUT2D eigenvalue weighted by atomic mass is 32.1. The SMILES string of the molecule is CCC[C@H](C)NC(=O)[C@H]1CCCN(Cc2nnc(C)s2)C1. The molecule has 2 rings (SSSR count). The fraction of sp³-hybridized carbons (Fsp3) is 0.800. The van der Waals surface area contributed by atoms with Crippen molar-refractivity contribution >= 4 is 17.2 Å². The second-order valence-electron chi connectivity index (χ2n) is 5.99. The average Bonchev–Trinajstić information content (AvgIpc) is 2.84. The quantitative estimate of drug-likeness (QED) is 0.876. The minimum Gasteiger partial charge on any atom is -0.353 e. The lowest BCUT2D eigenvalue weighted by molar-refractivity contribution is -0.127. The molecule has 0 bridgehead atoms. The Morgan fingerprint density at radius 3 is 3.00 bits per heavy atom. The molecular weight excluding hydrogens is 284 g/mol. The van der Waals surface area contributed by atoms with Gasteiger partial charge in [0.2, 0.25) is 5.91 Å². The summed E-state index contributed by atoms with van der Waals surface area (Å²) in [6.07, 6.45) is 4.23. The van der Waals surface area contributed by atoms with Crippen LogP contribution in [0.4, 0.5) is 0 Å². The number of nitrogens with one attached hydrogen (secondary N) is 1. The lowest BCUT2D eigenvalue weighted by Gasteiger charge is -2.31. The van der Waals surface area contributed by atoms with Gasteiger partial charge in [-0.15, -0.1) is 21.5 Å². The van der Waals surface area contributed by atoms with Crippen molar-refractivity contribution in [3.63, 3.8) is 0 Å². The van der Waals surface area contributed by atoms with Crippen molar-refractivity contribution in [2.24, 2.45) is 5.92 Å². The first-order valence-electron chi connectivity index (χ1n) is 7.90. The van der Waals surface area contributed by atoms with E-state index >= 15 is 0 Å². The van der Waals surface area contributed by atoms with Gasteiger partial charge in [0.25, 0.3) is 0 Å². The molecular formula is C15H26N4OS. The van der Waals surface area contributed by atoms with Crippen LogP contribution >= 0.6 is 11.3 Å². The summed E-state index contributed by atoms with van der Waals surface area (Å²) in [5.74, 6) is 0.334. The molecule has 5 nitrogen and oxygen atoms in total. The van der Waals surface area contributed by atoms with E-state index in [9.17, 15) is 4.79 Å². The Bertz CT molecular complexity index is 462. The zero-order valence-electron chi connectivity index (χ0n) is 13.3. The lowest BCUT2D eigenvalue weighted by atomic mass is 9.96. The number of hydrogen-bond acceptors (Lipinski definition) is 5. The second kappa shape index (κ2) is 7.84. The van der Waals surface area contributed by atoms with Crippen LogP contribution in [0.15, 0.2) is 0 Å². The van der Waals surface area contributed by atoms with Crippen molar-refractivity contribution in [3.8, 4) is 0 Å². The third-order valence-corrected chi connectivity index (χ3v) is 4.74. The Kier molecular flexibility index (Phi) is 6.11. The maximum atomic E-state index is 12.3. The molecule has 1 amide bonds. The second-order valence-corrected chi connectivity index (χ2v) is 7.25. The molecule has 1 fully saturated rings. The molecule has 0 spiro atoms. The molecule has 6 heteroatoms. The van der Waals surface area contributed by atoms with Crippen LogP contribution in [0.3, 0.4) is 0 Å². The molecule has 0 aliphatic carbocycles. The van der Waals surface area contributed by atoms with E-state index in [0.29, 0.717) is 0 Å². The van der Waals surface area contributed by atoms with Crippen LogP contribution in [0.25, 0.3) is 0 Å². The van der Waals surface area contributed by atoms with E-state index in [1.165, 1.54) is 0 Å². The number of aryl methyl sites for hydroxylation is 1. The first kappa shape index (κ1) is 16.4. The van der Waals surface area contributed by atoms with E-state index in [1.54, 1.807) is 11.3 Å². The predicted molar refractivity (Wildman–Crippen MR) is 85.2 cm³/mol. The minimum absolute atomic E-state index is 0.118. The van der Waals surface area contributed by atoms with E-state index in [-0.39, 0.29) is 17.9 Å². The largest absolute Gasteiger partial charge is 0.353 e. The van der Waals surface area contributed by atoms with Crippen LogP contribution < -0.4 is 5.32 Å². The summed E-state index contributed by atoms with van der Waals surface area (Å²) in [4.78, 5) is 14.7. The van der Waals surface area contributed by atoms with Crippen LogP contribution in [-0.2, 0) is 11.3 Å². The fourth-order valence-electron chi connectivity index (χ4n) is 2.87. The maximum absolute atomic E-state index is 12.3. The molecule has 0 aromatic carbocycles. The van der Waals surface area contributed by atoms with E-state index < -0.39 is 0 Å². The maximum Gasteiger partial charge on any atom is 0.224 e. The number of amides is 1. The highest BCUT2D eigenvalue weighted by Crippen LogP contribution is 2.20. The molecule has 1 aliphatic rings. The topological polar surface area (TPSA) is 58.1 Å². The number of aromatic nitrogens is 2. The van der Waals surface area contributed by atoms with Crippen molar-refractivity contribution in [2.75, 3.05) is 13.1 Å². The van der Waals surface area contributed by atoms with Crippen LogP contribution in [0.2, 0.25) is 0 Å². The molecule has 1 saturated heterocycles. The number of rotatable bonds is 6. The van der Waals surface area contributed by atoms with Gasteiger partial charge in [-0.25, -0.2) is 0 Å². The van der Waals surface area contributed by atoms with Crippen LogP contribution in [-0.4, -0.2) is 40.1 Å². The van der Waals surface area contributed by atoms with Crippen molar-refractivity contribution in [1.29, 1.82) is 0 Å². The Balaban J connectivity index is 1.83. The monoisotopic (exact) mass is 310 g/mol. The number of hydrogen-bond donors (Lipinski definition) is 1. The third-order valence-electron chi connectivity index (χ3n) is 3.91. The first-order chi connectivity index (χ1) is 10.1. The highest BCUT2D eigenvalue weighted by Gasteiger charge is 2.26. The van der Waals surface area contributed by atoms with Gasteiger partial charge < -0.3 is 5.32 Å². The zero-order valence-corrected chi connectivity index (χ0v) is 14.1. The van der Waals surface area contributed by atoms with Crippen molar-refractivity contribution < 1.29 is 4.79 Å². The van der Waals surface area contributed by atoms with Crippen LogP contribution in [0.1, 0.15) is 49.5 Å². The van der Waals surface area contributed by atoms with Gasteiger partial charge in [0, 0.05) is 12.6 Å². The van der Waals surface area contributed by atoms with Gasteiger partial charge in [-0.05, 0) is 39.7 Å². The number of likely N-dealkylation sites (tertiary alicyclic amines) is 1. The molecule has 0 unspecified atom stereocenters. The van der Waals surface area contributed by atoms with Crippen LogP contribution in [0.5, 0.6) is 0 Å². The van der Waals surface area contributed by atoms with Crippen molar-refractivity contribution in [1.82, 2.24) is 20.4 Å². The summed E-state index contributed by atoms with van der Waals surface area (Å²) < 4.78 is 0. The van der Waals surface area contributed by atoms with Gasteiger partial charge in [0.1, 0.15) is 10.0 Å². The molecule has 1 aromatic heterocycles. The van der Waals surface area contributed by atoms with Gasteiger partial charge >= 0.3 is 0 Å². The van der Waals surface area contributed by atoms with Gasteiger partial charge in [-0.2, -0.15) is 0 Å². The lowest BCUT2D eigenvalue weighted by Crippen LogP contribution is -2.45. The molecule has 0 radical (unpaired) electrons. The van der Waals surface area contributed by atoms with E-state index in [1.807, 2.05) is 6.92 Å². The Morgan fingerprint density at radius 1 is 1.52 bits per heavy atom. The van der Waals surface area contributed by atoms with Gasteiger partial charge in [-0.3, -0.25) is 9.69 Å². The van der Waals surface area contributed by atoms with Gasteiger partial charge in [0.15, 0.2) is 0 Å². The third kappa shape index (κ3) is 5.04. The molecule has 118 valence electrons. The predicted octanol–water partition coefficient (Wildman–Crippen LogP) is 2.36. The molecule has 2 heterocycles. The summed E-state index contributed by atoms with van der Waals surface area (Å²) in [5, 5.41) is 13.4. The molecule has 0 saturated carbocycles. The van der Waals surface area contributed by atoms with Crippen molar-refractivity contribution in [2.45, 2.75) is 59.0 Å². The smallest absolute Gasteiger partial charge is 0.224 e. The Labute approximate surface area is 131 Å². The van der Waals surface area contributed by atoms with Crippen LogP contribution in [0, 0.1) is 12.8 Å². The van der Waals surface area contributed by atoms with Gasteiger partial charge in [-0.1, -0.05) is 13.3 Å². The average molecular weight is 310 g/mol. The fourth-order valence-corrected chi connectivity index (χ4v) is 3.62. The molecule has 2 atom stereocenters. The number of piperidine rings is 1. The normalized spacial score (nSPS) is 21.2. The Morgan fingerprint density at radius 2 is 2.33 bits per heavy atom. The number of carbonyl (C=O) groups excluding carboxylic acids is 1. The summed E-state index contributed by atoms with van der Waals surface area (Å²) >= 11 is 1.64. The summed E-state index contributed by atoms with van der Waals surface area (Å²) in [7, 11) is 0. The first-order valence-corrected chi connectivity index (χ1v) is 8.71. The molecule has 21 heavy (non-hydrogen) atoms. The molecule has 1 aliphatic heterocycles. The summed E-state index contributed by atoms with van der Waals surface area (Å²) in [6, 6.07) is 0.281. The minimum atomic E-state index is 0.118. The summed E-state index contributed by atoms with van der Waals surface area (Å²) in [6.45, 7) is 8.92. The zero-order chi connectivity index (χ0) is 15.2. The summed E-state index contributed by atoms with van der Waals surface area (Å²) in [5.41, 5.74) is 0. The standard InChI is InChI=1S/C15H26N4OS/c1-4-6-11(2)16-15(20)13-7-5-8-19(9-13)10-14-18-17-12(3)21-14/h11,13H,4-10H2,1-3H3,(H,16,20)/t11-,13-/m0/s1. The van der Waals surface area contributed by atoms with E-state index in [0.717, 1.165) is 55.3 Å². The molecule has 1 N–H and O–H groups in total. The highest BCUT2D eigenvalue weighted by molar-refractivity contribution is 7.11. The number of carbonyl (C=O) groups is 1. The van der Waals surface area contributed by atoms with Gasteiger partial charge in [0.05, 0.1) is 12.5 Å². The van der Waals surface area contributed by atoms with Crippen molar-refractivity contribution in [3.05, 3.63) is 10.0 Å².